The minimum Gasteiger partial charge on any atom is -0.303 e. The highest BCUT2D eigenvalue weighted by molar-refractivity contribution is 7.10. The first-order chi connectivity index (χ1) is 8.72. The topological polar surface area (TPSA) is 20.3 Å². The Hall–Kier alpha value is -0.670. The molecule has 2 nitrogen and oxygen atoms in total. The Morgan fingerprint density at radius 1 is 1.39 bits per heavy atom. The van der Waals surface area contributed by atoms with Gasteiger partial charge in [0, 0.05) is 17.3 Å². The van der Waals surface area contributed by atoms with Crippen LogP contribution in [0, 0.1) is 11.8 Å². The van der Waals surface area contributed by atoms with E-state index >= 15 is 0 Å². The first-order valence-electron chi connectivity index (χ1n) is 6.85. The molecule has 0 radical (unpaired) electrons. The summed E-state index contributed by atoms with van der Waals surface area (Å²) in [6.07, 6.45) is 6.82. The molecule has 1 unspecified atom stereocenters. The molecule has 2 rings (SSSR count). The molecular formula is C15H23NOS. The zero-order valence-corrected chi connectivity index (χ0v) is 12.2. The second-order valence-corrected chi connectivity index (χ2v) is 6.59. The fourth-order valence-corrected chi connectivity index (χ4v) is 4.26. The molecule has 1 aliphatic rings. The number of hydrogen-bond acceptors (Lipinski definition) is 3. The molecule has 100 valence electrons. The molecule has 0 aromatic carbocycles. The summed E-state index contributed by atoms with van der Waals surface area (Å²) in [6.45, 7) is 0. The highest BCUT2D eigenvalue weighted by atomic mass is 32.1. The molecular weight excluding hydrogens is 242 g/mol. The maximum atomic E-state index is 10.6. The normalized spacial score (nSPS) is 26.2. The van der Waals surface area contributed by atoms with Crippen LogP contribution in [-0.2, 0) is 4.79 Å². The predicted octanol–water partition coefficient (Wildman–Crippen LogP) is 3.75. The van der Waals surface area contributed by atoms with E-state index in [9.17, 15) is 4.79 Å². The highest BCUT2D eigenvalue weighted by Gasteiger charge is 2.30. The Balaban J connectivity index is 1.99. The third-order valence-electron chi connectivity index (χ3n) is 4.16. The number of hydrogen-bond donors (Lipinski definition) is 0. The van der Waals surface area contributed by atoms with E-state index in [0.717, 1.165) is 18.6 Å². The van der Waals surface area contributed by atoms with Gasteiger partial charge < -0.3 is 9.69 Å². The summed E-state index contributed by atoms with van der Waals surface area (Å²) < 4.78 is 0. The highest BCUT2D eigenvalue weighted by Crippen LogP contribution is 2.41. The smallest absolute Gasteiger partial charge is 0.120 e. The zero-order chi connectivity index (χ0) is 13.0. The average molecular weight is 265 g/mol. The lowest BCUT2D eigenvalue weighted by atomic mass is 9.77. The van der Waals surface area contributed by atoms with Crippen molar-refractivity contribution in [1.82, 2.24) is 4.90 Å². The van der Waals surface area contributed by atoms with Gasteiger partial charge in [-0.05, 0) is 63.1 Å². The van der Waals surface area contributed by atoms with E-state index in [1.807, 2.05) is 11.3 Å². The SMILES string of the molecule is CN(C)C(c1cccs1)C1CCC(CC=O)CC1. The molecule has 1 atom stereocenters. The van der Waals surface area contributed by atoms with Gasteiger partial charge in [-0.1, -0.05) is 6.07 Å². The first kappa shape index (κ1) is 13.8. The van der Waals surface area contributed by atoms with Gasteiger partial charge in [-0.15, -0.1) is 11.3 Å². The molecule has 1 aliphatic carbocycles. The number of thiophene rings is 1. The molecule has 1 aromatic heterocycles. The van der Waals surface area contributed by atoms with Crippen LogP contribution in [-0.4, -0.2) is 25.3 Å². The van der Waals surface area contributed by atoms with E-state index in [4.69, 9.17) is 0 Å². The number of aldehydes is 1. The molecule has 0 aliphatic heterocycles. The summed E-state index contributed by atoms with van der Waals surface area (Å²) in [6, 6.07) is 4.96. The molecule has 0 spiro atoms. The van der Waals surface area contributed by atoms with Gasteiger partial charge in [-0.2, -0.15) is 0 Å². The fraction of sp³-hybridized carbons (Fsp3) is 0.667. The number of carbonyl (C=O) groups is 1. The van der Waals surface area contributed by atoms with Gasteiger partial charge in [0.15, 0.2) is 0 Å². The molecule has 0 bridgehead atoms. The fourth-order valence-electron chi connectivity index (χ4n) is 3.24. The molecule has 3 heteroatoms. The van der Waals surface area contributed by atoms with Crippen LogP contribution in [0.1, 0.15) is 43.0 Å². The van der Waals surface area contributed by atoms with Crippen LogP contribution >= 0.6 is 11.3 Å². The van der Waals surface area contributed by atoms with Crippen LogP contribution in [0.4, 0.5) is 0 Å². The minimum absolute atomic E-state index is 0.558. The van der Waals surface area contributed by atoms with E-state index in [2.05, 4.69) is 36.5 Å². The molecule has 1 aromatic rings. The summed E-state index contributed by atoms with van der Waals surface area (Å²) in [7, 11) is 4.36. The van der Waals surface area contributed by atoms with Crippen LogP contribution in [0.15, 0.2) is 17.5 Å². The van der Waals surface area contributed by atoms with Crippen LogP contribution in [0.2, 0.25) is 0 Å². The van der Waals surface area contributed by atoms with Crippen molar-refractivity contribution < 1.29 is 4.79 Å². The third kappa shape index (κ3) is 3.21. The second-order valence-electron chi connectivity index (χ2n) is 5.61. The van der Waals surface area contributed by atoms with E-state index in [0.29, 0.717) is 12.0 Å². The summed E-state index contributed by atoms with van der Waals surface area (Å²) in [4.78, 5) is 14.4. The van der Waals surface area contributed by atoms with Crippen LogP contribution in [0.5, 0.6) is 0 Å². The Morgan fingerprint density at radius 3 is 2.61 bits per heavy atom. The third-order valence-corrected chi connectivity index (χ3v) is 5.10. The van der Waals surface area contributed by atoms with Crippen molar-refractivity contribution in [2.75, 3.05) is 14.1 Å². The molecule has 0 amide bonds. The average Bonchev–Trinajstić information content (AvgIpc) is 2.85. The van der Waals surface area contributed by atoms with Crippen molar-refractivity contribution in [3.05, 3.63) is 22.4 Å². The van der Waals surface area contributed by atoms with Gasteiger partial charge in [0.25, 0.3) is 0 Å². The standard InChI is InChI=1S/C15H23NOS/c1-16(2)15(14-4-3-11-18-14)13-7-5-12(6-8-13)9-10-17/h3-4,10-13,15H,5-9H2,1-2H3. The van der Waals surface area contributed by atoms with Crippen molar-refractivity contribution in [3.63, 3.8) is 0 Å². The van der Waals surface area contributed by atoms with Gasteiger partial charge in [-0.3, -0.25) is 0 Å². The second kappa shape index (κ2) is 6.48. The van der Waals surface area contributed by atoms with E-state index in [1.165, 1.54) is 30.6 Å². The van der Waals surface area contributed by atoms with Crippen molar-refractivity contribution in [3.8, 4) is 0 Å². The van der Waals surface area contributed by atoms with Gasteiger partial charge in [0.05, 0.1) is 0 Å². The van der Waals surface area contributed by atoms with Crippen molar-refractivity contribution in [2.24, 2.45) is 11.8 Å². The quantitative estimate of drug-likeness (QED) is 0.756. The van der Waals surface area contributed by atoms with Crippen LogP contribution in [0.25, 0.3) is 0 Å². The Morgan fingerprint density at radius 2 is 2.11 bits per heavy atom. The monoisotopic (exact) mass is 265 g/mol. The van der Waals surface area contributed by atoms with Gasteiger partial charge in [0.1, 0.15) is 6.29 Å². The number of carbonyl (C=O) groups excluding carboxylic acids is 1. The maximum Gasteiger partial charge on any atom is 0.120 e. The number of nitrogens with zero attached hydrogens (tertiary/aromatic N) is 1. The van der Waals surface area contributed by atoms with Crippen molar-refractivity contribution >= 4 is 17.6 Å². The molecule has 0 saturated heterocycles. The summed E-state index contributed by atoms with van der Waals surface area (Å²) in [5, 5.41) is 2.17. The lowest BCUT2D eigenvalue weighted by molar-refractivity contribution is -0.108. The molecule has 18 heavy (non-hydrogen) atoms. The van der Waals surface area contributed by atoms with Crippen molar-refractivity contribution in [1.29, 1.82) is 0 Å². The van der Waals surface area contributed by atoms with Crippen molar-refractivity contribution in [2.45, 2.75) is 38.1 Å². The molecule has 1 saturated carbocycles. The zero-order valence-electron chi connectivity index (χ0n) is 11.3. The predicted molar refractivity (Wildman–Crippen MR) is 76.9 cm³/mol. The largest absolute Gasteiger partial charge is 0.303 e. The van der Waals surface area contributed by atoms with Crippen LogP contribution < -0.4 is 0 Å². The Bertz CT molecular complexity index is 353. The van der Waals surface area contributed by atoms with Gasteiger partial charge >= 0.3 is 0 Å². The Kier molecular flexibility index (Phi) is 4.95. The first-order valence-corrected chi connectivity index (χ1v) is 7.73. The maximum absolute atomic E-state index is 10.6. The summed E-state index contributed by atoms with van der Waals surface area (Å²) >= 11 is 1.87. The lowest BCUT2D eigenvalue weighted by Crippen LogP contribution is -2.29. The van der Waals surface area contributed by atoms with E-state index < -0.39 is 0 Å². The van der Waals surface area contributed by atoms with Crippen LogP contribution in [0.3, 0.4) is 0 Å². The molecule has 1 heterocycles. The summed E-state index contributed by atoms with van der Waals surface area (Å²) in [5.41, 5.74) is 0. The molecule has 0 N–H and O–H groups in total. The Labute approximate surface area is 114 Å². The lowest BCUT2D eigenvalue weighted by Gasteiger charge is -2.36. The minimum atomic E-state index is 0.558. The number of rotatable bonds is 5. The molecule has 1 fully saturated rings. The van der Waals surface area contributed by atoms with E-state index in [1.54, 1.807) is 0 Å². The van der Waals surface area contributed by atoms with E-state index in [-0.39, 0.29) is 0 Å². The van der Waals surface area contributed by atoms with Gasteiger partial charge in [-0.25, -0.2) is 0 Å². The van der Waals surface area contributed by atoms with Gasteiger partial charge in [0.2, 0.25) is 0 Å². The summed E-state index contributed by atoms with van der Waals surface area (Å²) in [5.74, 6) is 1.39.